The fourth-order valence-corrected chi connectivity index (χ4v) is 4.87. The second-order valence-electron chi connectivity index (χ2n) is 10.7. The van der Waals surface area contributed by atoms with Gasteiger partial charge in [-0.25, -0.2) is 4.98 Å². The molecule has 1 heterocycles. The summed E-state index contributed by atoms with van der Waals surface area (Å²) < 4.78 is 5.69. The predicted molar refractivity (Wildman–Crippen MR) is 206 cm³/mol. The van der Waals surface area contributed by atoms with Crippen molar-refractivity contribution in [3.63, 3.8) is 0 Å². The van der Waals surface area contributed by atoms with Crippen LogP contribution in [-0.4, -0.2) is 91.0 Å². The largest absolute Gasteiger partial charge is 0.475 e. The Morgan fingerprint density at radius 3 is 2.06 bits per heavy atom. The molecule has 3 atom stereocenters. The molecule has 1 aromatic heterocycles. The van der Waals surface area contributed by atoms with Gasteiger partial charge in [-0.3, -0.25) is 14.4 Å². The van der Waals surface area contributed by atoms with Crippen molar-refractivity contribution in [3.05, 3.63) is 64.6 Å². The number of methoxy groups -OCH3 is 1. The molecule has 2 rings (SSSR count). The first-order valence-corrected chi connectivity index (χ1v) is 18.2. The van der Waals surface area contributed by atoms with Crippen LogP contribution < -0.4 is 16.0 Å². The maximum atomic E-state index is 12.9. The highest BCUT2D eigenvalue weighted by Crippen LogP contribution is 2.29. The van der Waals surface area contributed by atoms with Crippen molar-refractivity contribution >= 4 is 36.2 Å². The maximum absolute atomic E-state index is 12.9. The average molecular weight is 708 g/mol. The standard InChI is InChI=1S/C25H38BN5O6S.C4H10.C3H6.2C2H6/c1-16(2)19(31(4)23(33)14-28-22(32)13-27-3)12-20(37-5)25-29-18(15-38-25)24(34)30-21(26(35)36)11-17-9-7-6-8-10-17;1-3-4-2;1-3-2;2*1-2/h6-10,15-16,19-21,27,35-36H,11-14H2,1-5H3,(H,28,32)(H,30,34);3-4H2,1-2H3;3H,1H2,2H3;2*1-2H3. The van der Waals surface area contributed by atoms with Crippen LogP contribution in [0.4, 0.5) is 0 Å². The highest BCUT2D eigenvalue weighted by atomic mass is 32.1. The normalized spacial score (nSPS) is 11.6. The van der Waals surface area contributed by atoms with Gasteiger partial charge in [0.05, 0.1) is 19.0 Å². The first-order chi connectivity index (χ1) is 23.4. The lowest BCUT2D eigenvalue weighted by atomic mass is 9.76. The number of hydrogen-bond acceptors (Lipinski definition) is 9. The van der Waals surface area contributed by atoms with E-state index < -0.39 is 25.1 Å². The minimum Gasteiger partial charge on any atom is -0.426 e. The number of carbonyl (C=O) groups is 3. The third-order valence-electron chi connectivity index (χ3n) is 6.68. The van der Waals surface area contributed by atoms with Gasteiger partial charge in [-0.2, -0.15) is 0 Å². The van der Waals surface area contributed by atoms with Crippen molar-refractivity contribution in [2.45, 2.75) is 106 Å². The van der Waals surface area contributed by atoms with E-state index in [1.165, 1.54) is 24.2 Å². The molecule has 1 aromatic carbocycles. The molecule has 0 fully saturated rings. The molecule has 0 aliphatic heterocycles. The molecule has 49 heavy (non-hydrogen) atoms. The molecule has 3 amide bonds. The molecular weight excluding hydrogens is 641 g/mol. The summed E-state index contributed by atoms with van der Waals surface area (Å²) in [5.41, 5.74) is 0.993. The third kappa shape index (κ3) is 22.3. The van der Waals surface area contributed by atoms with Crippen LogP contribution in [0.15, 0.2) is 48.4 Å². The number of ether oxygens (including phenoxy) is 1. The summed E-state index contributed by atoms with van der Waals surface area (Å²) in [5, 5.41) is 29.7. The van der Waals surface area contributed by atoms with Gasteiger partial charge in [0.15, 0.2) is 0 Å². The van der Waals surface area contributed by atoms with Crippen LogP contribution in [0.1, 0.15) is 109 Å². The van der Waals surface area contributed by atoms with Gasteiger partial charge >= 0.3 is 7.12 Å². The number of nitrogens with zero attached hydrogens (tertiary/aromatic N) is 2. The molecule has 2 aromatic rings. The lowest BCUT2D eigenvalue weighted by Gasteiger charge is -2.33. The Balaban J connectivity index is -0.00000170. The van der Waals surface area contributed by atoms with Gasteiger partial charge in [-0.05, 0) is 31.9 Å². The summed E-state index contributed by atoms with van der Waals surface area (Å²) in [6.45, 7) is 21.6. The van der Waals surface area contributed by atoms with Crippen LogP contribution in [0.2, 0.25) is 0 Å². The molecule has 0 aliphatic rings. The van der Waals surface area contributed by atoms with Gasteiger partial charge in [-0.1, -0.05) is 105 Å². The van der Waals surface area contributed by atoms with Gasteiger partial charge < -0.3 is 35.6 Å². The van der Waals surface area contributed by atoms with Crippen molar-refractivity contribution in [2.24, 2.45) is 5.92 Å². The summed E-state index contributed by atoms with van der Waals surface area (Å²) in [5.74, 6) is -1.84. The highest BCUT2D eigenvalue weighted by Gasteiger charge is 2.30. The fraction of sp³-hybridized carbons (Fsp3) is 0.611. The van der Waals surface area contributed by atoms with Crippen molar-refractivity contribution < 1.29 is 29.2 Å². The van der Waals surface area contributed by atoms with Crippen LogP contribution in [0.3, 0.4) is 0 Å². The second-order valence-corrected chi connectivity index (χ2v) is 11.6. The Labute approximate surface area is 301 Å². The molecule has 13 heteroatoms. The van der Waals surface area contributed by atoms with Gasteiger partial charge in [-0.15, -0.1) is 17.9 Å². The summed E-state index contributed by atoms with van der Waals surface area (Å²) in [4.78, 5) is 43.3. The monoisotopic (exact) mass is 707 g/mol. The minimum absolute atomic E-state index is 0.0853. The van der Waals surface area contributed by atoms with E-state index in [2.05, 4.69) is 41.4 Å². The van der Waals surface area contributed by atoms with Crippen LogP contribution in [0.25, 0.3) is 0 Å². The maximum Gasteiger partial charge on any atom is 0.475 e. The second kappa shape index (κ2) is 32.1. The quantitative estimate of drug-likeness (QED) is 0.114. The Morgan fingerprint density at radius 2 is 1.61 bits per heavy atom. The molecule has 0 bridgehead atoms. The lowest BCUT2D eigenvalue weighted by molar-refractivity contribution is -0.134. The van der Waals surface area contributed by atoms with Crippen molar-refractivity contribution in [3.8, 4) is 0 Å². The minimum atomic E-state index is -1.74. The predicted octanol–water partition coefficient (Wildman–Crippen LogP) is 5.44. The Bertz CT molecular complexity index is 1120. The number of benzene rings is 1. The van der Waals surface area contributed by atoms with Crippen LogP contribution in [0.5, 0.6) is 0 Å². The molecule has 11 nitrogen and oxygen atoms in total. The molecular formula is C36H66BN5O6S. The summed E-state index contributed by atoms with van der Waals surface area (Å²) >= 11 is 1.25. The highest BCUT2D eigenvalue weighted by molar-refractivity contribution is 7.09. The summed E-state index contributed by atoms with van der Waals surface area (Å²) in [7, 11) is 3.14. The first-order valence-electron chi connectivity index (χ1n) is 17.3. The molecule has 5 N–H and O–H groups in total. The Kier molecular flexibility index (Phi) is 33.0. The van der Waals surface area contributed by atoms with E-state index in [-0.39, 0.29) is 49.0 Å². The Hall–Kier alpha value is -3.10. The van der Waals surface area contributed by atoms with Crippen molar-refractivity contribution in [1.82, 2.24) is 25.8 Å². The van der Waals surface area contributed by atoms with E-state index >= 15 is 0 Å². The number of thiazole rings is 1. The summed E-state index contributed by atoms with van der Waals surface area (Å²) in [6, 6.07) is 9.00. The number of nitrogens with one attached hydrogen (secondary N) is 3. The zero-order chi connectivity index (χ0) is 38.4. The number of aromatic nitrogens is 1. The van der Waals surface area contributed by atoms with Crippen LogP contribution >= 0.6 is 11.3 Å². The molecule has 0 radical (unpaired) electrons. The van der Waals surface area contributed by atoms with Gasteiger partial charge in [0.1, 0.15) is 16.8 Å². The number of amides is 3. The number of hydrogen-bond donors (Lipinski definition) is 5. The van der Waals surface area contributed by atoms with Crippen LogP contribution in [0, 0.1) is 5.92 Å². The number of likely N-dealkylation sites (N-methyl/N-ethyl adjacent to an activating group) is 2. The third-order valence-corrected chi connectivity index (χ3v) is 7.62. The van der Waals surface area contributed by atoms with E-state index in [9.17, 15) is 24.4 Å². The molecule has 0 saturated heterocycles. The fourth-order valence-electron chi connectivity index (χ4n) is 3.98. The smallest absolute Gasteiger partial charge is 0.426 e. The topological polar surface area (TPSA) is 153 Å². The van der Waals surface area contributed by atoms with Crippen molar-refractivity contribution in [1.29, 1.82) is 0 Å². The zero-order valence-electron chi connectivity index (χ0n) is 32.2. The van der Waals surface area contributed by atoms with Crippen LogP contribution in [-0.2, 0) is 20.7 Å². The first kappa shape index (κ1) is 50.3. The Morgan fingerprint density at radius 1 is 1.06 bits per heavy atom. The van der Waals surface area contributed by atoms with E-state index in [1.54, 1.807) is 37.6 Å². The van der Waals surface area contributed by atoms with E-state index in [4.69, 9.17) is 4.74 Å². The van der Waals surface area contributed by atoms with E-state index in [1.807, 2.05) is 78.8 Å². The molecule has 3 unspecified atom stereocenters. The van der Waals surface area contributed by atoms with E-state index in [0.29, 0.717) is 11.4 Å². The number of rotatable bonds is 16. The average Bonchev–Trinajstić information content (AvgIpc) is 3.60. The molecule has 0 aliphatic carbocycles. The number of unbranched alkanes of at least 4 members (excludes halogenated alkanes) is 1. The lowest BCUT2D eigenvalue weighted by Crippen LogP contribution is -2.48. The molecule has 0 saturated carbocycles. The molecule has 0 spiro atoms. The SMILES string of the molecule is C=CC.CC.CC.CCCC.CNCC(=O)NCC(=O)N(C)C(CC(OC)c1nc(C(=O)NC(Cc2ccccc2)B(O)O)cs1)C(C)C. The van der Waals surface area contributed by atoms with Gasteiger partial charge in [0.25, 0.3) is 5.91 Å². The van der Waals surface area contributed by atoms with Gasteiger partial charge in [0, 0.05) is 32.0 Å². The zero-order valence-corrected chi connectivity index (χ0v) is 33.0. The summed E-state index contributed by atoms with van der Waals surface area (Å²) in [6.07, 6.45) is 4.58. The number of allylic oxidation sites excluding steroid dienone is 1. The molecule has 280 valence electrons. The van der Waals surface area contributed by atoms with E-state index in [0.717, 1.165) is 5.56 Å². The van der Waals surface area contributed by atoms with Crippen molar-refractivity contribution in [2.75, 3.05) is 34.3 Å². The number of carbonyl (C=O) groups excluding carboxylic acids is 3. The van der Waals surface area contributed by atoms with Gasteiger partial charge in [0.2, 0.25) is 11.8 Å².